The highest BCUT2D eigenvalue weighted by molar-refractivity contribution is 7.15. The maximum Gasteiger partial charge on any atom is 0.341 e. The number of benzene rings is 1. The molecule has 0 unspecified atom stereocenters. The molecule has 2 rings (SSSR count). The van der Waals surface area contributed by atoms with Crippen LogP contribution in [0.2, 0.25) is 0 Å². The molecule has 7 nitrogen and oxygen atoms in total. The van der Waals surface area contributed by atoms with Crippen molar-refractivity contribution in [2.75, 3.05) is 45.8 Å². The Balaban J connectivity index is 2.16. The zero-order valence-electron chi connectivity index (χ0n) is 16.4. The second-order valence-corrected chi connectivity index (χ2v) is 6.86. The van der Waals surface area contributed by atoms with Crippen molar-refractivity contribution >= 4 is 28.2 Å². The first-order chi connectivity index (χ1) is 13.6. The van der Waals surface area contributed by atoms with E-state index in [1.165, 1.54) is 11.3 Å². The zero-order valence-corrected chi connectivity index (χ0v) is 17.3. The molecule has 0 radical (unpaired) electrons. The van der Waals surface area contributed by atoms with E-state index in [9.17, 15) is 9.59 Å². The van der Waals surface area contributed by atoms with Crippen LogP contribution >= 0.6 is 11.3 Å². The Morgan fingerprint density at radius 3 is 2.57 bits per heavy atom. The third kappa shape index (κ3) is 6.05. The predicted molar refractivity (Wildman–Crippen MR) is 109 cm³/mol. The summed E-state index contributed by atoms with van der Waals surface area (Å²) in [6.45, 7) is 3.76. The van der Waals surface area contributed by atoms with Crippen LogP contribution in [0.1, 0.15) is 23.7 Å². The van der Waals surface area contributed by atoms with Crippen molar-refractivity contribution in [3.8, 4) is 16.9 Å². The number of nitrogens with two attached hydrogens (primary N) is 1. The molecule has 28 heavy (non-hydrogen) atoms. The lowest BCUT2D eigenvalue weighted by atomic mass is 10.0. The quantitative estimate of drug-likeness (QED) is 0.440. The van der Waals surface area contributed by atoms with E-state index in [4.69, 9.17) is 14.2 Å². The van der Waals surface area contributed by atoms with E-state index < -0.39 is 5.97 Å². The normalized spacial score (nSPS) is 10.5. The van der Waals surface area contributed by atoms with Gasteiger partial charge in [-0.2, -0.15) is 0 Å². The van der Waals surface area contributed by atoms with E-state index in [0.29, 0.717) is 17.2 Å². The number of ether oxygens (including phenoxy) is 3. The van der Waals surface area contributed by atoms with Gasteiger partial charge in [-0.1, -0.05) is 12.1 Å². The highest BCUT2D eigenvalue weighted by atomic mass is 32.1. The Bertz CT molecular complexity index is 773. The first-order valence-electron chi connectivity index (χ1n) is 9.14. The summed E-state index contributed by atoms with van der Waals surface area (Å²) < 4.78 is 15.4. The van der Waals surface area contributed by atoms with Crippen LogP contribution in [0.4, 0.5) is 5.00 Å². The van der Waals surface area contributed by atoms with E-state index in [-0.39, 0.29) is 19.1 Å². The lowest BCUT2D eigenvalue weighted by molar-refractivity contribution is -0.644. The van der Waals surface area contributed by atoms with E-state index in [0.717, 1.165) is 29.8 Å². The van der Waals surface area contributed by atoms with Gasteiger partial charge in [0.05, 0.1) is 26.9 Å². The van der Waals surface area contributed by atoms with Crippen LogP contribution < -0.4 is 15.4 Å². The van der Waals surface area contributed by atoms with Crippen LogP contribution in [-0.2, 0) is 14.3 Å². The van der Waals surface area contributed by atoms with Gasteiger partial charge in [-0.3, -0.25) is 4.79 Å². The van der Waals surface area contributed by atoms with Crippen molar-refractivity contribution in [3.05, 3.63) is 35.2 Å². The third-order valence-corrected chi connectivity index (χ3v) is 4.91. The van der Waals surface area contributed by atoms with Crippen molar-refractivity contribution in [2.24, 2.45) is 0 Å². The first kappa shape index (κ1) is 21.9. The van der Waals surface area contributed by atoms with E-state index in [1.807, 2.05) is 35.0 Å². The molecule has 0 bridgehead atoms. The van der Waals surface area contributed by atoms with Gasteiger partial charge in [0.15, 0.2) is 6.54 Å². The molecule has 0 aliphatic carbocycles. The molecule has 0 aliphatic heterocycles. The average Bonchev–Trinajstić information content (AvgIpc) is 3.11. The second kappa shape index (κ2) is 11.4. The molecule has 1 amide bonds. The smallest absolute Gasteiger partial charge is 0.341 e. The SMILES string of the molecule is CCOC(=O)c1c(-c2ccc(OC)cc2)csc1NC(=O)C[NH2+]CCCOC. The van der Waals surface area contributed by atoms with Crippen molar-refractivity contribution < 1.29 is 29.1 Å². The van der Waals surface area contributed by atoms with Crippen molar-refractivity contribution in [1.29, 1.82) is 0 Å². The summed E-state index contributed by atoms with van der Waals surface area (Å²) in [6, 6.07) is 7.40. The lowest BCUT2D eigenvalue weighted by Crippen LogP contribution is -2.86. The molecule has 3 N–H and O–H groups in total. The summed E-state index contributed by atoms with van der Waals surface area (Å²) in [5, 5.41) is 7.11. The van der Waals surface area contributed by atoms with Crippen LogP contribution in [0.15, 0.2) is 29.6 Å². The van der Waals surface area contributed by atoms with Gasteiger partial charge in [0, 0.05) is 24.5 Å². The minimum Gasteiger partial charge on any atom is -0.497 e. The largest absolute Gasteiger partial charge is 0.497 e. The van der Waals surface area contributed by atoms with Gasteiger partial charge >= 0.3 is 5.97 Å². The topological polar surface area (TPSA) is 90.5 Å². The monoisotopic (exact) mass is 407 g/mol. The number of hydrogen-bond donors (Lipinski definition) is 2. The molecule has 1 heterocycles. The zero-order chi connectivity index (χ0) is 20.4. The number of hydrogen-bond acceptors (Lipinski definition) is 6. The number of methoxy groups -OCH3 is 2. The Hall–Kier alpha value is -2.42. The van der Waals surface area contributed by atoms with E-state index in [1.54, 1.807) is 21.1 Å². The fourth-order valence-electron chi connectivity index (χ4n) is 2.62. The van der Waals surface area contributed by atoms with Crippen LogP contribution in [0.5, 0.6) is 5.75 Å². The molecular formula is C20H27N2O5S+. The summed E-state index contributed by atoms with van der Waals surface area (Å²) in [5.41, 5.74) is 1.96. The van der Waals surface area contributed by atoms with Gasteiger partial charge in [-0.15, -0.1) is 11.3 Å². The van der Waals surface area contributed by atoms with Gasteiger partial charge in [0.1, 0.15) is 16.3 Å². The Morgan fingerprint density at radius 2 is 1.93 bits per heavy atom. The highest BCUT2D eigenvalue weighted by Crippen LogP contribution is 2.36. The minimum absolute atomic E-state index is 0.161. The van der Waals surface area contributed by atoms with Crippen LogP contribution in [0.25, 0.3) is 11.1 Å². The van der Waals surface area contributed by atoms with Crippen LogP contribution in [-0.4, -0.2) is 52.4 Å². The maximum atomic E-state index is 12.5. The molecule has 0 atom stereocenters. The molecule has 0 saturated heterocycles. The van der Waals surface area contributed by atoms with Gasteiger partial charge in [0.25, 0.3) is 5.91 Å². The summed E-state index contributed by atoms with van der Waals surface area (Å²) in [6.07, 6.45) is 0.873. The third-order valence-electron chi connectivity index (χ3n) is 4.01. The van der Waals surface area contributed by atoms with Gasteiger partial charge < -0.3 is 24.8 Å². The summed E-state index contributed by atoms with van der Waals surface area (Å²) in [4.78, 5) is 24.8. The molecule has 0 spiro atoms. The first-order valence-corrected chi connectivity index (χ1v) is 10.0. The van der Waals surface area contributed by atoms with Crippen molar-refractivity contribution in [1.82, 2.24) is 0 Å². The van der Waals surface area contributed by atoms with Crippen molar-refractivity contribution in [3.63, 3.8) is 0 Å². The standard InChI is InChI=1S/C20H26N2O5S/c1-4-27-20(24)18-16(14-6-8-15(26-3)9-7-14)13-28-19(18)22-17(23)12-21-10-5-11-25-2/h6-9,13,21H,4-5,10-12H2,1-3H3,(H,22,23)/p+1. The summed E-state index contributed by atoms with van der Waals surface area (Å²) in [7, 11) is 3.25. The molecule has 0 fully saturated rings. The number of anilines is 1. The Morgan fingerprint density at radius 1 is 1.18 bits per heavy atom. The fourth-order valence-corrected chi connectivity index (χ4v) is 3.60. The average molecular weight is 408 g/mol. The fraction of sp³-hybridized carbons (Fsp3) is 0.400. The molecule has 0 aliphatic rings. The number of thiophene rings is 1. The highest BCUT2D eigenvalue weighted by Gasteiger charge is 2.23. The number of carbonyl (C=O) groups is 2. The number of rotatable bonds is 11. The molecule has 2 aromatic rings. The van der Waals surface area contributed by atoms with Crippen molar-refractivity contribution in [2.45, 2.75) is 13.3 Å². The number of carbonyl (C=O) groups excluding carboxylic acids is 2. The second-order valence-electron chi connectivity index (χ2n) is 5.98. The summed E-state index contributed by atoms with van der Waals surface area (Å²) in [5.74, 6) is 0.120. The van der Waals surface area contributed by atoms with Gasteiger partial charge in [-0.05, 0) is 24.6 Å². The number of amides is 1. The van der Waals surface area contributed by atoms with E-state index >= 15 is 0 Å². The Labute approximate surface area is 169 Å². The van der Waals surface area contributed by atoms with Crippen LogP contribution in [0, 0.1) is 0 Å². The minimum atomic E-state index is -0.450. The van der Waals surface area contributed by atoms with E-state index in [2.05, 4.69) is 5.32 Å². The molecule has 8 heteroatoms. The molecule has 1 aromatic heterocycles. The Kier molecular flexibility index (Phi) is 8.93. The molecule has 0 saturated carbocycles. The number of esters is 1. The predicted octanol–water partition coefficient (Wildman–Crippen LogP) is 2.14. The maximum absolute atomic E-state index is 12.5. The number of quaternary nitrogens is 1. The molecular weight excluding hydrogens is 380 g/mol. The van der Waals surface area contributed by atoms with Gasteiger partial charge in [-0.25, -0.2) is 4.79 Å². The molecule has 1 aromatic carbocycles. The molecule has 152 valence electrons. The van der Waals surface area contributed by atoms with Crippen LogP contribution in [0.3, 0.4) is 0 Å². The van der Waals surface area contributed by atoms with Gasteiger partial charge in [0.2, 0.25) is 0 Å². The lowest BCUT2D eigenvalue weighted by Gasteiger charge is -2.09. The summed E-state index contributed by atoms with van der Waals surface area (Å²) >= 11 is 1.31. The number of nitrogens with one attached hydrogen (secondary N) is 1.